The van der Waals surface area contributed by atoms with Gasteiger partial charge in [0, 0.05) is 50.8 Å². The average molecular weight is 518 g/mol. The van der Waals surface area contributed by atoms with Gasteiger partial charge in [-0.3, -0.25) is 14.4 Å². The predicted octanol–water partition coefficient (Wildman–Crippen LogP) is 5.03. The van der Waals surface area contributed by atoms with Crippen LogP contribution in [-0.2, 0) is 14.3 Å². The Bertz CT molecular complexity index is 1130. The Labute approximate surface area is 226 Å². The van der Waals surface area contributed by atoms with Gasteiger partial charge in [-0.25, -0.2) is 0 Å². The number of allylic oxidation sites excluding steroid dienone is 3. The van der Waals surface area contributed by atoms with Crippen molar-refractivity contribution in [2.45, 2.75) is 31.8 Å². The molecule has 0 aliphatic carbocycles. The average Bonchev–Trinajstić information content (AvgIpc) is 2.95. The molecule has 1 saturated heterocycles. The quantitative estimate of drug-likeness (QED) is 0.501. The molecule has 0 saturated carbocycles. The maximum atomic E-state index is 12.1. The number of carbonyl (C=O) groups excluding carboxylic acids is 3. The van der Waals surface area contributed by atoms with E-state index in [9.17, 15) is 14.4 Å². The van der Waals surface area contributed by atoms with Crippen molar-refractivity contribution in [2.75, 3.05) is 39.0 Å². The number of Topliss-reactive ketones (excluding diaryl/α,β-unsaturated/α-hetero) is 1. The molecule has 1 amide bonds. The highest BCUT2D eigenvalue weighted by atomic mass is 16.5. The van der Waals surface area contributed by atoms with Gasteiger partial charge >= 0.3 is 0 Å². The normalized spacial score (nSPS) is 16.0. The van der Waals surface area contributed by atoms with Gasteiger partial charge in [0.2, 0.25) is 6.41 Å². The van der Waals surface area contributed by atoms with E-state index in [1.165, 1.54) is 0 Å². The highest BCUT2D eigenvalue weighted by Crippen LogP contribution is 2.37. The van der Waals surface area contributed by atoms with E-state index >= 15 is 0 Å². The van der Waals surface area contributed by atoms with Crippen LogP contribution in [0.15, 0.2) is 85.2 Å². The summed E-state index contributed by atoms with van der Waals surface area (Å²) < 4.78 is 6.03. The number of piperidine rings is 1. The molecule has 4 rings (SSSR count). The third-order valence-electron chi connectivity index (χ3n) is 6.51. The molecular formula is C31H39N3O4. The van der Waals surface area contributed by atoms with Crippen LogP contribution in [0.4, 0.5) is 5.69 Å². The smallest absolute Gasteiger partial charge is 0.207 e. The first kappa shape index (κ1) is 30.3. The Balaban J connectivity index is 0.000000228. The summed E-state index contributed by atoms with van der Waals surface area (Å²) in [5.74, 6) is 0.728. The number of rotatable bonds is 7. The fourth-order valence-corrected chi connectivity index (χ4v) is 4.30. The van der Waals surface area contributed by atoms with Crippen molar-refractivity contribution >= 4 is 24.2 Å². The number of benzene rings is 2. The molecule has 2 aromatic rings. The Morgan fingerprint density at radius 1 is 1.03 bits per heavy atom. The first-order chi connectivity index (χ1) is 18.4. The summed E-state index contributed by atoms with van der Waals surface area (Å²) in [7, 11) is 3.90. The van der Waals surface area contributed by atoms with Crippen LogP contribution in [0, 0.1) is 0 Å². The number of hydrogen-bond donors (Lipinski definition) is 2. The highest BCUT2D eigenvalue weighted by Gasteiger charge is 2.42. The van der Waals surface area contributed by atoms with E-state index in [4.69, 9.17) is 4.74 Å². The van der Waals surface area contributed by atoms with Crippen LogP contribution >= 0.6 is 0 Å². The molecule has 2 aromatic carbocycles. The zero-order chi connectivity index (χ0) is 28.0. The molecule has 2 heterocycles. The number of aldehydes is 1. The summed E-state index contributed by atoms with van der Waals surface area (Å²) in [6.45, 7) is 11.9. The molecule has 2 aliphatic heterocycles. The van der Waals surface area contributed by atoms with Crippen molar-refractivity contribution in [3.8, 4) is 11.1 Å². The minimum atomic E-state index is -0.306. The second-order valence-corrected chi connectivity index (χ2v) is 9.09. The molecule has 38 heavy (non-hydrogen) atoms. The fourth-order valence-electron chi connectivity index (χ4n) is 4.30. The van der Waals surface area contributed by atoms with E-state index in [1.807, 2.05) is 62.5 Å². The van der Waals surface area contributed by atoms with Crippen molar-refractivity contribution < 1.29 is 19.1 Å². The van der Waals surface area contributed by atoms with Gasteiger partial charge < -0.3 is 20.3 Å². The number of anilines is 1. The van der Waals surface area contributed by atoms with Crippen LogP contribution in [0.2, 0.25) is 0 Å². The number of carbonyl (C=O) groups is 3. The lowest BCUT2D eigenvalue weighted by atomic mass is 9.82. The van der Waals surface area contributed by atoms with E-state index in [0.29, 0.717) is 29.7 Å². The lowest BCUT2D eigenvalue weighted by Crippen LogP contribution is -2.47. The number of ether oxygens (including phenoxy) is 1. The number of amides is 1. The second kappa shape index (κ2) is 15.3. The van der Waals surface area contributed by atoms with Crippen LogP contribution in [0.5, 0.6) is 0 Å². The molecule has 2 N–H and O–H groups in total. The molecule has 7 heteroatoms. The van der Waals surface area contributed by atoms with Gasteiger partial charge in [-0.15, -0.1) is 0 Å². The van der Waals surface area contributed by atoms with Crippen LogP contribution in [0.1, 0.15) is 36.5 Å². The molecular weight excluding hydrogens is 478 g/mol. The summed E-state index contributed by atoms with van der Waals surface area (Å²) in [5, 5.41) is 5.42. The monoisotopic (exact) mass is 517 g/mol. The molecule has 0 bridgehead atoms. The third-order valence-corrected chi connectivity index (χ3v) is 6.51. The van der Waals surface area contributed by atoms with Crippen molar-refractivity contribution in [2.24, 2.45) is 0 Å². The van der Waals surface area contributed by atoms with E-state index in [0.717, 1.165) is 55.6 Å². The molecule has 2 aliphatic rings. The van der Waals surface area contributed by atoms with Crippen molar-refractivity contribution in [3.05, 3.63) is 90.7 Å². The molecule has 1 spiro atoms. The van der Waals surface area contributed by atoms with Gasteiger partial charge in [0.1, 0.15) is 11.4 Å². The van der Waals surface area contributed by atoms with E-state index in [1.54, 1.807) is 12.2 Å². The molecule has 0 unspecified atom stereocenters. The second-order valence-electron chi connectivity index (χ2n) is 9.09. The van der Waals surface area contributed by atoms with Gasteiger partial charge in [-0.05, 0) is 43.3 Å². The minimum Gasteiger partial charge on any atom is -0.486 e. The largest absolute Gasteiger partial charge is 0.486 e. The Kier molecular flexibility index (Phi) is 12.2. The summed E-state index contributed by atoms with van der Waals surface area (Å²) in [6, 6.07) is 15.8. The molecule has 202 valence electrons. The van der Waals surface area contributed by atoms with Crippen LogP contribution in [-0.4, -0.2) is 62.7 Å². The summed E-state index contributed by atoms with van der Waals surface area (Å²) in [5.41, 5.74) is 3.98. The lowest BCUT2D eigenvalue weighted by molar-refractivity contribution is -0.128. The summed E-state index contributed by atoms with van der Waals surface area (Å²) in [4.78, 5) is 34.6. The van der Waals surface area contributed by atoms with E-state index in [2.05, 4.69) is 35.7 Å². The molecule has 1 fully saturated rings. The standard InChI is InChI=1S/C14H19NO2.C14H13NO.C3H7NO/c1-4-11-12(16)10-14(17-13(11)5-2)6-8-15(3)9-7-14;1-15-14-8-7-12(9-13(14)10-16)11-5-3-2-4-6-11;1-2-4-3-5/h4-5H,1-2,6-10H2,3H3;2-10,15H,1H3;3H,2H2,1H3,(H,4,5). The van der Waals surface area contributed by atoms with Crippen molar-refractivity contribution in [1.29, 1.82) is 0 Å². The Hall–Kier alpha value is -3.97. The number of hydrogen-bond acceptors (Lipinski definition) is 6. The fraction of sp³-hybridized carbons (Fsp3) is 0.323. The van der Waals surface area contributed by atoms with Gasteiger partial charge in [-0.1, -0.05) is 55.6 Å². The lowest BCUT2D eigenvalue weighted by Gasteiger charge is -2.43. The van der Waals surface area contributed by atoms with Gasteiger partial charge in [0.25, 0.3) is 0 Å². The van der Waals surface area contributed by atoms with Gasteiger partial charge in [0.05, 0.1) is 12.0 Å². The van der Waals surface area contributed by atoms with Gasteiger partial charge in [0.15, 0.2) is 12.1 Å². The Morgan fingerprint density at radius 3 is 2.21 bits per heavy atom. The van der Waals surface area contributed by atoms with Crippen molar-refractivity contribution in [3.63, 3.8) is 0 Å². The summed E-state index contributed by atoms with van der Waals surface area (Å²) >= 11 is 0. The maximum Gasteiger partial charge on any atom is 0.207 e. The number of nitrogens with one attached hydrogen (secondary N) is 2. The number of nitrogens with zero attached hydrogens (tertiary/aromatic N) is 1. The maximum absolute atomic E-state index is 12.1. The molecule has 7 nitrogen and oxygen atoms in total. The van der Waals surface area contributed by atoms with Gasteiger partial charge in [-0.2, -0.15) is 0 Å². The highest BCUT2D eigenvalue weighted by molar-refractivity contribution is 6.00. The number of likely N-dealkylation sites (tertiary alicyclic amines) is 1. The first-order valence-electron chi connectivity index (χ1n) is 12.8. The molecule has 0 radical (unpaired) electrons. The van der Waals surface area contributed by atoms with Crippen LogP contribution < -0.4 is 10.6 Å². The summed E-state index contributed by atoms with van der Waals surface area (Å²) in [6.07, 6.45) is 7.01. The number of ketones is 1. The van der Waals surface area contributed by atoms with E-state index < -0.39 is 0 Å². The van der Waals surface area contributed by atoms with E-state index in [-0.39, 0.29) is 11.4 Å². The molecule has 0 atom stereocenters. The SMILES string of the molecule is C=CC1=C(C=C)C(=O)CC2(CCN(C)CC2)O1.CCNC=O.CNc1ccc(-c2ccccc2)cc1C=O. The van der Waals surface area contributed by atoms with Crippen molar-refractivity contribution in [1.82, 2.24) is 10.2 Å². The van der Waals surface area contributed by atoms with Crippen LogP contribution in [0.25, 0.3) is 11.1 Å². The molecule has 0 aromatic heterocycles. The Morgan fingerprint density at radius 2 is 1.71 bits per heavy atom. The predicted molar refractivity (Wildman–Crippen MR) is 154 cm³/mol. The first-order valence-corrected chi connectivity index (χ1v) is 12.8. The minimum absolute atomic E-state index is 0.130. The van der Waals surface area contributed by atoms with Crippen LogP contribution in [0.3, 0.4) is 0 Å². The third kappa shape index (κ3) is 8.28. The zero-order valence-electron chi connectivity index (χ0n) is 22.7. The zero-order valence-corrected chi connectivity index (χ0v) is 22.7. The topological polar surface area (TPSA) is 87.7 Å².